The van der Waals surface area contributed by atoms with E-state index >= 15 is 0 Å². The Bertz CT molecular complexity index is 2760. The van der Waals surface area contributed by atoms with Crippen molar-refractivity contribution in [2.75, 3.05) is 9.80 Å². The molecule has 0 saturated carbocycles. The topological polar surface area (TPSA) is 29.9 Å². The second-order valence-electron chi connectivity index (χ2n) is 14.6. The van der Waals surface area contributed by atoms with Crippen LogP contribution < -0.4 is 35.7 Å². The van der Waals surface area contributed by atoms with E-state index in [2.05, 4.69) is 171 Å². The number of anilines is 5. The Morgan fingerprint density at radius 1 is 0.586 bits per heavy atom. The number of aromatic nitrogens is 1. The summed E-state index contributed by atoms with van der Waals surface area (Å²) < 4.78 is 15.6. The highest BCUT2D eigenvalue weighted by Gasteiger charge is 2.48. The fourth-order valence-electron chi connectivity index (χ4n) is 9.08. The lowest BCUT2D eigenvalue weighted by Gasteiger charge is -2.47. The van der Waals surface area contributed by atoms with E-state index in [-0.39, 0.29) is 6.71 Å². The number of para-hydroxylation sites is 4. The van der Waals surface area contributed by atoms with Crippen LogP contribution in [0.3, 0.4) is 0 Å². The number of rotatable bonds is 7. The van der Waals surface area contributed by atoms with Gasteiger partial charge in [-0.25, -0.2) is 0 Å². The second kappa shape index (κ2) is 14.5. The Hall–Kier alpha value is -6.92. The van der Waals surface area contributed by atoms with Crippen LogP contribution in [-0.2, 0) is 0 Å². The first-order chi connectivity index (χ1) is 28.4. The maximum Gasteiger partial charge on any atom is 0.252 e. The van der Waals surface area contributed by atoms with Crippen molar-refractivity contribution in [1.82, 2.24) is 4.57 Å². The van der Waals surface area contributed by atoms with Crippen molar-refractivity contribution in [3.8, 4) is 34.1 Å². The molecule has 1 aromatic heterocycles. The molecule has 0 atom stereocenters. The third kappa shape index (κ3) is 5.39. The average Bonchev–Trinajstić information content (AvgIpc) is 3.49. The summed E-state index contributed by atoms with van der Waals surface area (Å²) in [5.74, 6) is 3.43. The molecular formula is C52H46BN3O2. The van der Waals surface area contributed by atoms with Crippen LogP contribution >= 0.6 is 0 Å². The molecule has 58 heavy (non-hydrogen) atoms. The molecule has 0 fully saturated rings. The third-order valence-electron chi connectivity index (χ3n) is 11.6. The van der Waals surface area contributed by atoms with E-state index in [0.717, 1.165) is 85.3 Å². The smallest absolute Gasteiger partial charge is 0.252 e. The van der Waals surface area contributed by atoms with Gasteiger partial charge in [0.05, 0.1) is 22.8 Å². The van der Waals surface area contributed by atoms with Crippen LogP contribution in [0, 0.1) is 13.8 Å². The van der Waals surface area contributed by atoms with Gasteiger partial charge in [-0.05, 0) is 133 Å². The van der Waals surface area contributed by atoms with Crippen LogP contribution in [-0.4, -0.2) is 11.3 Å². The summed E-state index contributed by atoms with van der Waals surface area (Å²) in [4.78, 5) is 4.86. The molecule has 0 bridgehead atoms. The summed E-state index contributed by atoms with van der Waals surface area (Å²) in [6, 6.07) is 35.0. The van der Waals surface area contributed by atoms with Gasteiger partial charge >= 0.3 is 0 Å². The monoisotopic (exact) mass is 755 g/mol. The fraction of sp³-hybridized carbons (Fsp3) is 0.115. The molecule has 6 heteroatoms. The molecule has 4 aliphatic rings. The SMILES string of the molecule is C=C/C=C\c1c(C)c(C)c(/C=C\C=C)n1-c1ccc(-c2cc3c4c(c2)N2c5ccccc5Oc5cccc(c52)B4c2cccc4c2N3C(/C=C\C)=C(C)O4)cc1.CC. The number of hydrogen-bond donors (Lipinski definition) is 0. The van der Waals surface area contributed by atoms with Gasteiger partial charge in [0, 0.05) is 28.5 Å². The molecule has 10 rings (SSSR count). The van der Waals surface area contributed by atoms with Crippen LogP contribution in [0.4, 0.5) is 28.4 Å². The average molecular weight is 756 g/mol. The summed E-state index contributed by atoms with van der Waals surface area (Å²) >= 11 is 0. The zero-order chi connectivity index (χ0) is 40.2. The molecule has 0 saturated heterocycles. The highest BCUT2D eigenvalue weighted by atomic mass is 16.5. The number of fused-ring (bicyclic) bond motifs is 6. The minimum Gasteiger partial charge on any atom is -0.458 e. The lowest BCUT2D eigenvalue weighted by molar-refractivity contribution is 0.414. The Morgan fingerprint density at radius 3 is 1.78 bits per heavy atom. The Kier molecular flexibility index (Phi) is 9.21. The van der Waals surface area contributed by atoms with Gasteiger partial charge in [-0.1, -0.05) is 106 Å². The van der Waals surface area contributed by atoms with Crippen LogP contribution in [0.15, 0.2) is 158 Å². The largest absolute Gasteiger partial charge is 0.458 e. The van der Waals surface area contributed by atoms with E-state index in [1.54, 1.807) is 0 Å². The predicted octanol–water partition coefficient (Wildman–Crippen LogP) is 12.2. The van der Waals surface area contributed by atoms with Crippen molar-refractivity contribution < 1.29 is 9.47 Å². The predicted molar refractivity (Wildman–Crippen MR) is 247 cm³/mol. The van der Waals surface area contributed by atoms with E-state index < -0.39 is 0 Å². The minimum atomic E-state index is -0.0270. The summed E-state index contributed by atoms with van der Waals surface area (Å²) in [6.45, 7) is 20.3. The number of hydrogen-bond acceptors (Lipinski definition) is 4. The van der Waals surface area contributed by atoms with Crippen LogP contribution in [0.5, 0.6) is 17.2 Å². The summed E-state index contributed by atoms with van der Waals surface area (Å²) in [5.41, 5.74) is 18.3. The molecule has 6 aromatic rings. The van der Waals surface area contributed by atoms with Crippen molar-refractivity contribution in [2.45, 2.75) is 41.5 Å². The standard InChI is InChI=1S/C50H40BN3O2.C2H6/c1-7-10-19-39-31(4)32(5)40(20-11-8-2)52(39)36-27-25-34(26-28-36)35-29-43-48-44(30-35)54-42-21-12-13-22-45(42)56-47-24-15-18-38(50(47)54)51(48)37-17-14-23-46-49(37)53(43)41(16-9-3)33(6)55-46;1-2/h7-30H,1-2H2,3-6H3;1-2H3/b16-9-,19-10-,20-11-;. The number of ether oxygens (including phenoxy) is 2. The first-order valence-electron chi connectivity index (χ1n) is 20.2. The number of allylic oxidation sites excluding steroid dienone is 7. The molecule has 5 nitrogen and oxygen atoms in total. The van der Waals surface area contributed by atoms with E-state index in [0.29, 0.717) is 0 Å². The van der Waals surface area contributed by atoms with Gasteiger partial charge in [0.25, 0.3) is 6.71 Å². The maximum absolute atomic E-state index is 6.64. The molecule has 0 aliphatic carbocycles. The Labute approximate surface area is 342 Å². The normalized spacial score (nSPS) is 14.1. The van der Waals surface area contributed by atoms with Gasteiger partial charge < -0.3 is 23.8 Å². The molecule has 0 amide bonds. The van der Waals surface area contributed by atoms with Crippen molar-refractivity contribution in [3.05, 3.63) is 181 Å². The van der Waals surface area contributed by atoms with Gasteiger partial charge in [-0.2, -0.15) is 0 Å². The van der Waals surface area contributed by atoms with E-state index in [1.807, 2.05) is 44.2 Å². The number of benzene rings is 5. The lowest BCUT2D eigenvalue weighted by atomic mass is 9.33. The summed E-state index contributed by atoms with van der Waals surface area (Å²) in [6.07, 6.45) is 16.2. The van der Waals surface area contributed by atoms with Gasteiger partial charge in [0.15, 0.2) is 17.2 Å². The van der Waals surface area contributed by atoms with Crippen molar-refractivity contribution in [1.29, 1.82) is 0 Å². The zero-order valence-corrected chi connectivity index (χ0v) is 34.0. The van der Waals surface area contributed by atoms with E-state index in [1.165, 1.54) is 27.5 Å². The Balaban J connectivity index is 0.00000215. The fourth-order valence-corrected chi connectivity index (χ4v) is 9.08. The van der Waals surface area contributed by atoms with Gasteiger partial charge in [0.1, 0.15) is 5.76 Å². The first-order valence-corrected chi connectivity index (χ1v) is 20.2. The van der Waals surface area contributed by atoms with Crippen LogP contribution in [0.1, 0.15) is 50.2 Å². The van der Waals surface area contributed by atoms with Gasteiger partial charge in [0.2, 0.25) is 0 Å². The molecule has 0 spiro atoms. The number of nitrogens with zero attached hydrogens (tertiary/aromatic N) is 3. The third-order valence-corrected chi connectivity index (χ3v) is 11.6. The molecule has 0 N–H and O–H groups in total. The lowest BCUT2D eigenvalue weighted by Crippen LogP contribution is -2.62. The second-order valence-corrected chi connectivity index (χ2v) is 14.6. The van der Waals surface area contributed by atoms with E-state index in [9.17, 15) is 0 Å². The van der Waals surface area contributed by atoms with E-state index in [4.69, 9.17) is 9.47 Å². The van der Waals surface area contributed by atoms with Gasteiger partial charge in [-0.15, -0.1) is 0 Å². The molecule has 284 valence electrons. The van der Waals surface area contributed by atoms with Gasteiger partial charge in [-0.3, -0.25) is 0 Å². The highest BCUT2D eigenvalue weighted by Crippen LogP contribution is 2.54. The van der Waals surface area contributed by atoms with Crippen molar-refractivity contribution in [3.63, 3.8) is 0 Å². The summed E-state index contributed by atoms with van der Waals surface area (Å²) in [7, 11) is 0. The minimum absolute atomic E-state index is 0.0270. The summed E-state index contributed by atoms with van der Waals surface area (Å²) in [5, 5.41) is 0. The molecule has 5 aromatic carbocycles. The maximum atomic E-state index is 6.64. The molecule has 0 unspecified atom stereocenters. The quantitative estimate of drug-likeness (QED) is 0.120. The van der Waals surface area contributed by atoms with Crippen LogP contribution in [0.2, 0.25) is 0 Å². The Morgan fingerprint density at radius 2 is 1.16 bits per heavy atom. The molecule has 5 heterocycles. The van der Waals surface area contributed by atoms with Crippen LogP contribution in [0.25, 0.3) is 29.0 Å². The molecule has 4 aliphatic heterocycles. The highest BCUT2D eigenvalue weighted by molar-refractivity contribution is 7.00. The molecular weight excluding hydrogens is 709 g/mol. The molecule has 0 radical (unpaired) electrons. The van der Waals surface area contributed by atoms with Crippen molar-refractivity contribution in [2.24, 2.45) is 0 Å². The van der Waals surface area contributed by atoms with Crippen molar-refractivity contribution >= 4 is 63.7 Å². The first kappa shape index (κ1) is 36.7. The zero-order valence-electron chi connectivity index (χ0n) is 34.0.